The summed E-state index contributed by atoms with van der Waals surface area (Å²) in [7, 11) is 0. The highest BCUT2D eigenvalue weighted by molar-refractivity contribution is 7.98. The van der Waals surface area contributed by atoms with Gasteiger partial charge >= 0.3 is 0 Å². The summed E-state index contributed by atoms with van der Waals surface area (Å²) in [6, 6.07) is 7.78. The normalized spacial score (nSPS) is 10.8. The number of hydrogen-bond acceptors (Lipinski definition) is 5. The summed E-state index contributed by atoms with van der Waals surface area (Å²) in [5, 5.41) is 0. The highest BCUT2D eigenvalue weighted by Crippen LogP contribution is 2.32. The highest BCUT2D eigenvalue weighted by Gasteiger charge is 2.10. The number of nitrogens with zero attached hydrogens (tertiary/aromatic N) is 3. The maximum atomic E-state index is 5.86. The van der Waals surface area contributed by atoms with Gasteiger partial charge in [-0.2, -0.15) is 4.98 Å². The third kappa shape index (κ3) is 2.22. The van der Waals surface area contributed by atoms with Crippen LogP contribution in [0.3, 0.4) is 0 Å². The van der Waals surface area contributed by atoms with Crippen molar-refractivity contribution in [2.45, 2.75) is 4.90 Å². The van der Waals surface area contributed by atoms with Gasteiger partial charge in [0.15, 0.2) is 0 Å². The van der Waals surface area contributed by atoms with E-state index in [0.717, 1.165) is 10.6 Å². The summed E-state index contributed by atoms with van der Waals surface area (Å²) < 4.78 is 7.65. The van der Waals surface area contributed by atoms with Gasteiger partial charge in [-0.25, -0.2) is 4.98 Å². The fourth-order valence-electron chi connectivity index (χ4n) is 1.80. The molecule has 2 aromatic heterocycles. The van der Waals surface area contributed by atoms with Gasteiger partial charge in [0.05, 0.1) is 6.20 Å². The lowest BCUT2D eigenvalue weighted by atomic mass is 10.3. The van der Waals surface area contributed by atoms with Crippen LogP contribution >= 0.6 is 11.8 Å². The standard InChI is InChI=1S/C13H12N4OS/c1-19-10-5-3-2-4-9(10)18-13-12-15-6-7-17(12)8-11(14)16-13/h2-8H,14H2,1H3. The maximum absolute atomic E-state index is 5.86. The van der Waals surface area contributed by atoms with Crippen molar-refractivity contribution in [1.29, 1.82) is 0 Å². The van der Waals surface area contributed by atoms with E-state index in [0.29, 0.717) is 17.3 Å². The molecular formula is C13H12N4OS. The molecule has 0 unspecified atom stereocenters. The average Bonchev–Trinajstić information content (AvgIpc) is 2.87. The number of para-hydroxylation sites is 1. The lowest BCUT2D eigenvalue weighted by molar-refractivity contribution is 0.455. The van der Waals surface area contributed by atoms with Crippen molar-refractivity contribution in [3.63, 3.8) is 0 Å². The number of rotatable bonds is 3. The van der Waals surface area contributed by atoms with Crippen LogP contribution in [0, 0.1) is 0 Å². The number of fused-ring (bicyclic) bond motifs is 1. The molecule has 3 rings (SSSR count). The van der Waals surface area contributed by atoms with Gasteiger partial charge in [0, 0.05) is 17.3 Å². The predicted molar refractivity (Wildman–Crippen MR) is 75.7 cm³/mol. The molecule has 0 radical (unpaired) electrons. The van der Waals surface area contributed by atoms with Gasteiger partial charge in [-0.15, -0.1) is 11.8 Å². The van der Waals surface area contributed by atoms with Crippen molar-refractivity contribution < 1.29 is 4.74 Å². The monoisotopic (exact) mass is 272 g/mol. The molecule has 1 aromatic carbocycles. The Hall–Kier alpha value is -2.21. The molecule has 96 valence electrons. The first kappa shape index (κ1) is 11.9. The Labute approximate surface area is 114 Å². The van der Waals surface area contributed by atoms with Gasteiger partial charge in [0.2, 0.25) is 5.65 Å². The van der Waals surface area contributed by atoms with E-state index in [-0.39, 0.29) is 0 Å². The summed E-state index contributed by atoms with van der Waals surface area (Å²) in [5.41, 5.74) is 6.41. The molecule has 3 aromatic rings. The minimum Gasteiger partial charge on any atom is -0.435 e. The fourth-order valence-corrected chi connectivity index (χ4v) is 2.32. The minimum absolute atomic E-state index is 0.391. The van der Waals surface area contributed by atoms with E-state index in [9.17, 15) is 0 Å². The number of benzene rings is 1. The Balaban J connectivity index is 2.07. The van der Waals surface area contributed by atoms with Crippen LogP contribution in [-0.4, -0.2) is 20.6 Å². The second-order valence-electron chi connectivity index (χ2n) is 3.88. The van der Waals surface area contributed by atoms with Crippen molar-refractivity contribution in [3.8, 4) is 11.6 Å². The van der Waals surface area contributed by atoms with E-state index in [2.05, 4.69) is 9.97 Å². The Morgan fingerprint density at radius 2 is 2.16 bits per heavy atom. The van der Waals surface area contributed by atoms with Gasteiger partial charge in [-0.3, -0.25) is 4.40 Å². The van der Waals surface area contributed by atoms with E-state index in [4.69, 9.17) is 10.5 Å². The molecule has 0 amide bonds. The van der Waals surface area contributed by atoms with E-state index in [1.165, 1.54) is 0 Å². The van der Waals surface area contributed by atoms with Crippen molar-refractivity contribution in [1.82, 2.24) is 14.4 Å². The molecular weight excluding hydrogens is 260 g/mol. The molecule has 0 bridgehead atoms. The van der Waals surface area contributed by atoms with Gasteiger partial charge < -0.3 is 10.5 Å². The highest BCUT2D eigenvalue weighted by atomic mass is 32.2. The second kappa shape index (κ2) is 4.81. The predicted octanol–water partition coefficient (Wildman–Crippen LogP) is 2.83. The topological polar surface area (TPSA) is 65.4 Å². The zero-order valence-electron chi connectivity index (χ0n) is 10.3. The molecule has 6 heteroatoms. The second-order valence-corrected chi connectivity index (χ2v) is 4.73. The van der Waals surface area contributed by atoms with Crippen LogP contribution in [0.15, 0.2) is 47.8 Å². The first-order chi connectivity index (χ1) is 9.28. The smallest absolute Gasteiger partial charge is 0.265 e. The lowest BCUT2D eigenvalue weighted by Gasteiger charge is -2.09. The maximum Gasteiger partial charge on any atom is 0.265 e. The van der Waals surface area contributed by atoms with Crippen molar-refractivity contribution >= 4 is 23.2 Å². The van der Waals surface area contributed by atoms with Gasteiger partial charge in [-0.05, 0) is 18.4 Å². The zero-order chi connectivity index (χ0) is 13.2. The van der Waals surface area contributed by atoms with Crippen LogP contribution in [0.2, 0.25) is 0 Å². The van der Waals surface area contributed by atoms with Gasteiger partial charge in [-0.1, -0.05) is 12.1 Å². The third-order valence-corrected chi connectivity index (χ3v) is 3.41. The molecule has 0 aliphatic rings. The van der Waals surface area contributed by atoms with Gasteiger partial charge in [0.1, 0.15) is 11.6 Å². The molecule has 0 spiro atoms. The Morgan fingerprint density at radius 1 is 1.32 bits per heavy atom. The van der Waals surface area contributed by atoms with Crippen LogP contribution in [0.25, 0.3) is 5.65 Å². The summed E-state index contributed by atoms with van der Waals surface area (Å²) in [6.45, 7) is 0. The molecule has 0 aliphatic carbocycles. The summed E-state index contributed by atoms with van der Waals surface area (Å²) >= 11 is 1.62. The molecule has 0 atom stereocenters. The van der Waals surface area contributed by atoms with Crippen molar-refractivity contribution in [2.75, 3.05) is 12.0 Å². The van der Waals surface area contributed by atoms with Crippen LogP contribution in [-0.2, 0) is 0 Å². The Kier molecular flexibility index (Phi) is 3.00. The average molecular weight is 272 g/mol. The van der Waals surface area contributed by atoms with Crippen molar-refractivity contribution in [3.05, 3.63) is 42.9 Å². The van der Waals surface area contributed by atoms with Crippen LogP contribution in [0.4, 0.5) is 5.82 Å². The molecule has 5 nitrogen and oxygen atoms in total. The summed E-state index contributed by atoms with van der Waals surface area (Å²) in [6.07, 6.45) is 7.19. The first-order valence-electron chi connectivity index (χ1n) is 5.68. The molecule has 19 heavy (non-hydrogen) atoms. The first-order valence-corrected chi connectivity index (χ1v) is 6.90. The van der Waals surface area contributed by atoms with Crippen LogP contribution < -0.4 is 10.5 Å². The number of hydrogen-bond donors (Lipinski definition) is 1. The molecule has 0 saturated heterocycles. The van der Waals surface area contributed by atoms with E-state index in [1.54, 1.807) is 34.8 Å². The Morgan fingerprint density at radius 3 is 3.00 bits per heavy atom. The van der Waals surface area contributed by atoms with E-state index < -0.39 is 0 Å². The minimum atomic E-state index is 0.391. The van der Waals surface area contributed by atoms with E-state index >= 15 is 0 Å². The lowest BCUT2D eigenvalue weighted by Crippen LogP contribution is -1.99. The number of nitrogen functional groups attached to an aromatic ring is 1. The molecule has 0 saturated carbocycles. The SMILES string of the molecule is CSc1ccccc1Oc1nc(N)cn2ccnc12. The van der Waals surface area contributed by atoms with Crippen LogP contribution in [0.5, 0.6) is 11.6 Å². The van der Waals surface area contributed by atoms with Gasteiger partial charge in [0.25, 0.3) is 5.88 Å². The number of ether oxygens (including phenoxy) is 1. The largest absolute Gasteiger partial charge is 0.435 e. The number of aromatic nitrogens is 3. The summed E-state index contributed by atoms with van der Waals surface area (Å²) in [4.78, 5) is 9.47. The van der Waals surface area contributed by atoms with Crippen LogP contribution in [0.1, 0.15) is 0 Å². The quantitative estimate of drug-likeness (QED) is 0.743. The third-order valence-electron chi connectivity index (χ3n) is 2.64. The Bertz CT molecular complexity index is 725. The summed E-state index contributed by atoms with van der Waals surface area (Å²) in [5.74, 6) is 1.55. The number of nitrogens with two attached hydrogens (primary N) is 1. The number of imidazole rings is 1. The zero-order valence-corrected chi connectivity index (χ0v) is 11.1. The van der Waals surface area contributed by atoms with E-state index in [1.807, 2.05) is 30.5 Å². The fraction of sp³-hybridized carbons (Fsp3) is 0.0769. The molecule has 0 aliphatic heterocycles. The van der Waals surface area contributed by atoms with Crippen molar-refractivity contribution in [2.24, 2.45) is 0 Å². The molecule has 2 heterocycles. The number of anilines is 1. The number of thioether (sulfide) groups is 1. The molecule has 2 N–H and O–H groups in total. The molecule has 0 fully saturated rings.